The normalized spacial score (nSPS) is 17.1. The summed E-state index contributed by atoms with van der Waals surface area (Å²) < 4.78 is 41.2. The van der Waals surface area contributed by atoms with E-state index >= 15 is 0 Å². The van der Waals surface area contributed by atoms with Gasteiger partial charge in [0.05, 0.1) is 6.42 Å². The number of hydrogen-bond donors (Lipinski definition) is 4. The molecule has 8 nitrogen and oxygen atoms in total. The number of rotatable bonds is 10. The van der Waals surface area contributed by atoms with Gasteiger partial charge in [-0.15, -0.1) is 13.2 Å². The lowest BCUT2D eigenvalue weighted by Crippen LogP contribution is -3.15. The van der Waals surface area contributed by atoms with Crippen molar-refractivity contribution in [2.75, 3.05) is 11.9 Å². The Morgan fingerprint density at radius 1 is 0.949 bits per heavy atom. The van der Waals surface area contributed by atoms with Crippen molar-refractivity contribution in [3.8, 4) is 5.75 Å². The third-order valence-electron chi connectivity index (χ3n) is 6.34. The number of carbonyl (C=O) groups is 3. The van der Waals surface area contributed by atoms with Gasteiger partial charge in [0.25, 0.3) is 5.91 Å². The third-order valence-corrected chi connectivity index (χ3v) is 6.34. The number of alkyl halides is 3. The second-order valence-electron chi connectivity index (χ2n) is 9.18. The van der Waals surface area contributed by atoms with Crippen LogP contribution in [-0.4, -0.2) is 42.0 Å². The maximum Gasteiger partial charge on any atom is 0.573 e. The topological polar surface area (TPSA) is 109 Å². The molecule has 0 aromatic heterocycles. The van der Waals surface area contributed by atoms with Crippen LogP contribution in [0.15, 0.2) is 78.9 Å². The van der Waals surface area contributed by atoms with E-state index in [0.717, 1.165) is 29.7 Å². The van der Waals surface area contributed by atoms with E-state index < -0.39 is 18.2 Å². The summed E-state index contributed by atoms with van der Waals surface area (Å²) in [5, 5.41) is 14.0. The molecule has 1 fully saturated rings. The zero-order valence-corrected chi connectivity index (χ0v) is 20.7. The number of anilines is 1. The summed E-state index contributed by atoms with van der Waals surface area (Å²) in [4.78, 5) is 36.9. The van der Waals surface area contributed by atoms with Gasteiger partial charge >= 0.3 is 18.4 Å². The van der Waals surface area contributed by atoms with E-state index in [4.69, 9.17) is 5.11 Å². The number of quaternary nitrogens is 1. The van der Waals surface area contributed by atoms with Crippen LogP contribution in [0.4, 0.5) is 23.7 Å². The third kappa shape index (κ3) is 8.05. The average Bonchev–Trinajstić information content (AvgIpc) is 3.69. The number of aliphatic carboxylic acids is 1. The molecular weight excluding hydrogens is 515 g/mol. The van der Waals surface area contributed by atoms with Crippen LogP contribution >= 0.6 is 0 Å². The van der Waals surface area contributed by atoms with Crippen LogP contribution in [-0.2, 0) is 11.3 Å². The molecule has 0 saturated heterocycles. The van der Waals surface area contributed by atoms with Crippen molar-refractivity contribution in [2.24, 2.45) is 0 Å². The van der Waals surface area contributed by atoms with E-state index in [1.165, 1.54) is 12.1 Å². The monoisotopic (exact) mass is 542 g/mol. The van der Waals surface area contributed by atoms with E-state index in [0.29, 0.717) is 22.7 Å². The molecule has 204 valence electrons. The molecule has 4 N–H and O–H groups in total. The van der Waals surface area contributed by atoms with E-state index in [9.17, 15) is 27.6 Å². The van der Waals surface area contributed by atoms with Crippen LogP contribution in [0, 0.1) is 0 Å². The van der Waals surface area contributed by atoms with Gasteiger partial charge in [-0.05, 0) is 42.0 Å². The Morgan fingerprint density at radius 3 is 2.23 bits per heavy atom. The molecule has 11 heteroatoms. The summed E-state index contributed by atoms with van der Waals surface area (Å²) in [7, 11) is 0. The number of urea groups is 1. The van der Waals surface area contributed by atoms with E-state index in [-0.39, 0.29) is 36.7 Å². The first-order valence-electron chi connectivity index (χ1n) is 12.3. The minimum absolute atomic E-state index is 0.0138. The first-order chi connectivity index (χ1) is 18.6. The highest BCUT2D eigenvalue weighted by Crippen LogP contribution is 2.39. The number of nitrogens with one attached hydrogen (secondary N) is 3. The number of amides is 3. The van der Waals surface area contributed by atoms with Gasteiger partial charge in [0, 0.05) is 35.7 Å². The Balaban J connectivity index is 1.45. The Bertz CT molecular complexity index is 1300. The van der Waals surface area contributed by atoms with Crippen LogP contribution in [0.25, 0.3) is 0 Å². The lowest BCUT2D eigenvalue weighted by molar-refractivity contribution is -0.840. The largest absolute Gasteiger partial charge is 0.573 e. The maximum absolute atomic E-state index is 13.4. The van der Waals surface area contributed by atoms with Crippen molar-refractivity contribution >= 4 is 23.6 Å². The summed E-state index contributed by atoms with van der Waals surface area (Å²) in [6.45, 7) is 0.329. The van der Waals surface area contributed by atoms with Gasteiger partial charge in [0.15, 0.2) is 0 Å². The predicted molar refractivity (Wildman–Crippen MR) is 135 cm³/mol. The summed E-state index contributed by atoms with van der Waals surface area (Å²) in [5.74, 6) is -1.61. The van der Waals surface area contributed by atoms with Crippen LogP contribution in [0.5, 0.6) is 5.75 Å². The van der Waals surface area contributed by atoms with E-state index in [1.54, 1.807) is 24.3 Å². The molecule has 4 rings (SSSR count). The van der Waals surface area contributed by atoms with Gasteiger partial charge in [-0.2, -0.15) is 0 Å². The summed E-state index contributed by atoms with van der Waals surface area (Å²) >= 11 is 0. The molecule has 0 spiro atoms. The van der Waals surface area contributed by atoms with Crippen molar-refractivity contribution in [1.82, 2.24) is 5.32 Å². The lowest BCUT2D eigenvalue weighted by atomic mass is 10.1. The minimum Gasteiger partial charge on any atom is -0.481 e. The highest BCUT2D eigenvalue weighted by molar-refractivity contribution is 5.94. The van der Waals surface area contributed by atoms with Gasteiger partial charge in [-0.3, -0.25) is 14.9 Å². The molecule has 1 aliphatic carbocycles. The molecule has 3 atom stereocenters. The van der Waals surface area contributed by atoms with Crippen molar-refractivity contribution in [2.45, 2.75) is 37.7 Å². The number of carboxylic acid groups (broad SMARTS) is 1. The fourth-order valence-electron chi connectivity index (χ4n) is 4.36. The predicted octanol–water partition coefficient (Wildman–Crippen LogP) is 3.96. The number of hydrogen-bond acceptors (Lipinski definition) is 4. The number of benzene rings is 3. The van der Waals surface area contributed by atoms with Crippen LogP contribution in [0.3, 0.4) is 0 Å². The van der Waals surface area contributed by atoms with Crippen molar-refractivity contribution in [3.05, 3.63) is 95.6 Å². The van der Waals surface area contributed by atoms with E-state index in [1.807, 2.05) is 30.3 Å². The van der Waals surface area contributed by atoms with Crippen LogP contribution in [0.2, 0.25) is 0 Å². The Labute approximate surface area is 222 Å². The van der Waals surface area contributed by atoms with Crippen molar-refractivity contribution in [1.29, 1.82) is 0 Å². The number of carboxylic acids is 1. The molecule has 3 aromatic rings. The first kappa shape index (κ1) is 27.6. The Hall–Kier alpha value is -4.38. The second kappa shape index (κ2) is 12.0. The molecule has 1 aliphatic rings. The summed E-state index contributed by atoms with van der Waals surface area (Å²) in [5.41, 5.74) is 2.62. The SMILES string of the molecule is O=C(O)CCNC(=O)c1ccc(C[NH+](C(=O)Nc2ccc(OC(F)(F)F)cc2)C2C[C@H]2c2ccccc2)cc1. The average molecular weight is 543 g/mol. The van der Waals surface area contributed by atoms with E-state index in [2.05, 4.69) is 15.4 Å². The van der Waals surface area contributed by atoms with Crippen molar-refractivity contribution in [3.63, 3.8) is 0 Å². The fourth-order valence-corrected chi connectivity index (χ4v) is 4.36. The summed E-state index contributed by atoms with van der Waals surface area (Å²) in [6.07, 6.45) is -4.20. The maximum atomic E-state index is 13.4. The smallest absolute Gasteiger partial charge is 0.481 e. The molecule has 0 aliphatic heterocycles. The zero-order chi connectivity index (χ0) is 28.0. The molecule has 1 saturated carbocycles. The number of halogens is 3. The van der Waals surface area contributed by atoms with Crippen LogP contribution in [0.1, 0.15) is 40.2 Å². The molecule has 3 aromatic carbocycles. The van der Waals surface area contributed by atoms with Gasteiger partial charge < -0.3 is 15.2 Å². The molecule has 3 amide bonds. The van der Waals surface area contributed by atoms with Crippen molar-refractivity contribution < 1.29 is 42.3 Å². The molecule has 2 unspecified atom stereocenters. The van der Waals surface area contributed by atoms with Crippen LogP contribution < -0.4 is 20.3 Å². The van der Waals surface area contributed by atoms with Gasteiger partial charge in [-0.1, -0.05) is 42.5 Å². The lowest BCUT2D eigenvalue weighted by Gasteiger charge is -2.19. The fraction of sp³-hybridized carbons (Fsp3) is 0.250. The Kier molecular flexibility index (Phi) is 8.50. The quantitative estimate of drug-likeness (QED) is 0.310. The Morgan fingerprint density at radius 2 is 1.62 bits per heavy atom. The molecule has 0 bridgehead atoms. The standard InChI is InChI=1S/C28H26F3N3O5/c29-28(30,31)39-22-12-10-21(11-13-22)33-27(38)34(24-16-23(24)19-4-2-1-3-5-19)17-18-6-8-20(9-7-18)26(37)32-15-14-25(35)36/h1-13,23-24H,14-17H2,(H,32,37)(H,33,38)(H,35,36)/p+1/t23-,24?/m0/s1. The molecule has 0 heterocycles. The molecule has 0 radical (unpaired) electrons. The first-order valence-corrected chi connectivity index (χ1v) is 12.3. The highest BCUT2D eigenvalue weighted by Gasteiger charge is 2.49. The zero-order valence-electron chi connectivity index (χ0n) is 20.7. The minimum atomic E-state index is -4.81. The molecule has 39 heavy (non-hydrogen) atoms. The second-order valence-corrected chi connectivity index (χ2v) is 9.18. The molecular formula is C28H27F3N3O5+. The van der Waals surface area contributed by atoms with Gasteiger partial charge in [0.1, 0.15) is 18.3 Å². The summed E-state index contributed by atoms with van der Waals surface area (Å²) in [6, 6.07) is 21.1. The highest BCUT2D eigenvalue weighted by atomic mass is 19.4. The van der Waals surface area contributed by atoms with Gasteiger partial charge in [-0.25, -0.2) is 9.69 Å². The van der Waals surface area contributed by atoms with Gasteiger partial charge in [0.2, 0.25) is 0 Å². The number of carbonyl (C=O) groups excluding carboxylic acids is 2. The number of ether oxygens (including phenoxy) is 1.